The number of rotatable bonds is 12. The van der Waals surface area contributed by atoms with Gasteiger partial charge < -0.3 is 24.4 Å². The van der Waals surface area contributed by atoms with Gasteiger partial charge in [-0.25, -0.2) is 9.97 Å². The Balaban J connectivity index is 0.975. The van der Waals surface area contributed by atoms with Crippen LogP contribution in [0.4, 0.5) is 11.4 Å². The molecule has 0 bridgehead atoms. The lowest BCUT2D eigenvalue weighted by Crippen LogP contribution is -2.12. The van der Waals surface area contributed by atoms with Gasteiger partial charge in [-0.05, 0) is 48.5 Å². The summed E-state index contributed by atoms with van der Waals surface area (Å²) in [5, 5.41) is 21.9. The van der Waals surface area contributed by atoms with E-state index in [0.717, 1.165) is 10.8 Å². The van der Waals surface area contributed by atoms with Crippen molar-refractivity contribution in [2.24, 2.45) is 9.98 Å². The Morgan fingerprint density at radius 3 is 1.47 bits per heavy atom. The smallest absolute Gasteiger partial charge is 0.145 e. The fourth-order valence-corrected chi connectivity index (χ4v) is 4.60. The van der Waals surface area contributed by atoms with Crippen LogP contribution in [-0.2, 0) is 4.74 Å². The number of nitrogens with zero attached hydrogens (tertiary/aromatic N) is 4. The lowest BCUT2D eigenvalue weighted by molar-refractivity contribution is 0.0767. The first-order valence-electron chi connectivity index (χ1n) is 14.4. The Bertz CT molecular complexity index is 1850. The Kier molecular flexibility index (Phi) is 9.18. The molecule has 0 amide bonds. The van der Waals surface area contributed by atoms with Gasteiger partial charge in [-0.2, -0.15) is 0 Å². The lowest BCUT2D eigenvalue weighted by atomic mass is 10.2. The molecule has 0 radical (unpaired) electrons. The second kappa shape index (κ2) is 14.1. The van der Waals surface area contributed by atoms with Crippen LogP contribution in [0, 0.1) is 0 Å². The van der Waals surface area contributed by atoms with E-state index in [2.05, 4.69) is 20.0 Å². The summed E-state index contributed by atoms with van der Waals surface area (Å²) in [7, 11) is 0. The van der Waals surface area contributed by atoms with Gasteiger partial charge in [-0.1, -0.05) is 60.7 Å². The SMILES string of the molecule is Oc1cccc2ccc(C=Nc3ccccc3OCCOCCOc3ccccc3N=Cc3ccc4cccc(O)c4n3)nc12. The molecule has 0 aliphatic rings. The maximum absolute atomic E-state index is 10.1. The molecule has 0 atom stereocenters. The quantitative estimate of drug-likeness (QED) is 0.113. The summed E-state index contributed by atoms with van der Waals surface area (Å²) >= 11 is 0. The number of hydrogen-bond acceptors (Lipinski definition) is 9. The van der Waals surface area contributed by atoms with Crippen LogP contribution in [0.1, 0.15) is 11.4 Å². The first-order valence-corrected chi connectivity index (χ1v) is 14.4. The van der Waals surface area contributed by atoms with E-state index in [1.165, 1.54) is 0 Å². The second-order valence-corrected chi connectivity index (χ2v) is 9.93. The predicted octanol–water partition coefficient (Wildman–Crippen LogP) is 7.17. The summed E-state index contributed by atoms with van der Waals surface area (Å²) < 4.78 is 17.6. The Hall–Kier alpha value is -5.80. The molecule has 0 spiro atoms. The van der Waals surface area contributed by atoms with Crippen LogP contribution in [-0.4, -0.2) is 59.0 Å². The van der Waals surface area contributed by atoms with Crippen LogP contribution >= 0.6 is 0 Å². The van der Waals surface area contributed by atoms with Crippen molar-refractivity contribution in [2.45, 2.75) is 0 Å². The second-order valence-electron chi connectivity index (χ2n) is 9.93. The molecular formula is C36H30N4O5. The number of aromatic nitrogens is 2. The average molecular weight is 599 g/mol. The standard InChI is InChI=1S/C36H30N4O5/c41-31-11-5-7-25-15-17-27(39-35(25)31)23-37-29-9-1-3-13-33(29)44-21-19-43-20-22-45-34-14-4-2-10-30(34)38-24-28-18-16-26-8-6-12-32(42)36(26)40-28/h1-18,23-24,41-42H,19-22H2. The molecule has 0 aliphatic heterocycles. The van der Waals surface area contributed by atoms with E-state index in [0.29, 0.717) is 71.7 Å². The number of pyridine rings is 2. The highest BCUT2D eigenvalue weighted by Crippen LogP contribution is 2.29. The van der Waals surface area contributed by atoms with Crippen LogP contribution in [0.3, 0.4) is 0 Å². The van der Waals surface area contributed by atoms with E-state index in [4.69, 9.17) is 14.2 Å². The van der Waals surface area contributed by atoms with Crippen molar-refractivity contribution in [2.75, 3.05) is 26.4 Å². The fourth-order valence-electron chi connectivity index (χ4n) is 4.60. The average Bonchev–Trinajstić information content (AvgIpc) is 3.07. The molecule has 45 heavy (non-hydrogen) atoms. The van der Waals surface area contributed by atoms with Crippen molar-refractivity contribution < 1.29 is 24.4 Å². The molecule has 4 aromatic carbocycles. The molecule has 6 rings (SSSR count). The molecule has 9 nitrogen and oxygen atoms in total. The van der Waals surface area contributed by atoms with Crippen LogP contribution < -0.4 is 9.47 Å². The maximum atomic E-state index is 10.1. The molecule has 0 unspecified atom stereocenters. The molecule has 6 aromatic rings. The first kappa shape index (κ1) is 29.3. The predicted molar refractivity (Wildman–Crippen MR) is 176 cm³/mol. The number of aromatic hydroxyl groups is 2. The number of phenolic OH excluding ortho intramolecular Hbond substituents is 2. The zero-order valence-corrected chi connectivity index (χ0v) is 24.3. The largest absolute Gasteiger partial charge is 0.506 e. The van der Waals surface area contributed by atoms with Crippen LogP contribution in [0.5, 0.6) is 23.0 Å². The van der Waals surface area contributed by atoms with Crippen LogP contribution in [0.2, 0.25) is 0 Å². The molecule has 2 aromatic heterocycles. The molecule has 2 heterocycles. The molecule has 2 N–H and O–H groups in total. The van der Waals surface area contributed by atoms with E-state index in [-0.39, 0.29) is 11.5 Å². The normalized spacial score (nSPS) is 11.6. The highest BCUT2D eigenvalue weighted by Gasteiger charge is 2.06. The summed E-state index contributed by atoms with van der Waals surface area (Å²) in [5.74, 6) is 1.51. The number of benzene rings is 4. The Labute approximate surface area is 259 Å². The highest BCUT2D eigenvalue weighted by molar-refractivity contribution is 5.90. The fraction of sp³-hybridized carbons (Fsp3) is 0.111. The minimum atomic E-state index is 0.131. The molecule has 9 heteroatoms. The van der Waals surface area contributed by atoms with E-state index in [9.17, 15) is 10.2 Å². The molecule has 0 saturated heterocycles. The van der Waals surface area contributed by atoms with E-state index < -0.39 is 0 Å². The van der Waals surface area contributed by atoms with Gasteiger partial charge in [0.25, 0.3) is 0 Å². The van der Waals surface area contributed by atoms with Gasteiger partial charge in [0.2, 0.25) is 0 Å². The number of para-hydroxylation sites is 6. The highest BCUT2D eigenvalue weighted by atomic mass is 16.5. The number of phenols is 2. The zero-order valence-electron chi connectivity index (χ0n) is 24.3. The van der Waals surface area contributed by atoms with Gasteiger partial charge >= 0.3 is 0 Å². The number of hydrogen-bond donors (Lipinski definition) is 2. The third-order valence-electron chi connectivity index (χ3n) is 6.81. The molecular weight excluding hydrogens is 568 g/mol. The summed E-state index contributed by atoms with van der Waals surface area (Å²) in [6.07, 6.45) is 3.29. The number of fused-ring (bicyclic) bond motifs is 2. The van der Waals surface area contributed by atoms with Crippen molar-refractivity contribution in [3.05, 3.63) is 121 Å². The third-order valence-corrected chi connectivity index (χ3v) is 6.81. The van der Waals surface area contributed by atoms with Gasteiger partial charge in [0.05, 0.1) is 37.0 Å². The summed E-state index contributed by atoms with van der Waals surface area (Å²) in [5.41, 5.74) is 3.63. The summed E-state index contributed by atoms with van der Waals surface area (Å²) in [6, 6.07) is 33.1. The van der Waals surface area contributed by atoms with Gasteiger partial charge in [0.1, 0.15) is 58.6 Å². The molecule has 224 valence electrons. The third kappa shape index (κ3) is 7.41. The van der Waals surface area contributed by atoms with E-state index in [1.807, 2.05) is 84.9 Å². The van der Waals surface area contributed by atoms with Crippen molar-refractivity contribution in [1.29, 1.82) is 0 Å². The minimum absolute atomic E-state index is 0.131. The number of aliphatic imine (C=N–C) groups is 2. The summed E-state index contributed by atoms with van der Waals surface area (Å²) in [6.45, 7) is 1.41. The van der Waals surface area contributed by atoms with Crippen LogP contribution in [0.25, 0.3) is 21.8 Å². The molecule has 0 saturated carbocycles. The lowest BCUT2D eigenvalue weighted by Gasteiger charge is -2.11. The minimum Gasteiger partial charge on any atom is -0.506 e. The first-order chi connectivity index (χ1) is 22.1. The van der Waals surface area contributed by atoms with Crippen LogP contribution in [0.15, 0.2) is 119 Å². The molecule has 0 aliphatic carbocycles. The maximum Gasteiger partial charge on any atom is 0.145 e. The Morgan fingerprint density at radius 1 is 0.511 bits per heavy atom. The molecule has 0 fully saturated rings. The monoisotopic (exact) mass is 598 g/mol. The van der Waals surface area contributed by atoms with E-state index in [1.54, 1.807) is 36.7 Å². The van der Waals surface area contributed by atoms with Gasteiger partial charge in [-0.15, -0.1) is 0 Å². The van der Waals surface area contributed by atoms with Gasteiger partial charge in [0, 0.05) is 10.8 Å². The van der Waals surface area contributed by atoms with Crippen molar-refractivity contribution >= 4 is 45.6 Å². The topological polar surface area (TPSA) is 119 Å². The summed E-state index contributed by atoms with van der Waals surface area (Å²) in [4.78, 5) is 18.1. The number of ether oxygens (including phenoxy) is 3. The van der Waals surface area contributed by atoms with Crippen molar-refractivity contribution in [3.8, 4) is 23.0 Å². The van der Waals surface area contributed by atoms with Gasteiger partial charge in [-0.3, -0.25) is 9.98 Å². The zero-order chi connectivity index (χ0) is 30.8. The Morgan fingerprint density at radius 2 is 0.978 bits per heavy atom. The van der Waals surface area contributed by atoms with E-state index >= 15 is 0 Å². The van der Waals surface area contributed by atoms with Gasteiger partial charge in [0.15, 0.2) is 0 Å². The van der Waals surface area contributed by atoms with Crippen molar-refractivity contribution in [3.63, 3.8) is 0 Å². The van der Waals surface area contributed by atoms with Crippen molar-refractivity contribution in [1.82, 2.24) is 9.97 Å².